The average Bonchev–Trinajstić information content (AvgIpc) is 3.40. The minimum absolute atomic E-state index is 0.0276. The second-order valence-corrected chi connectivity index (χ2v) is 17.1. The molecule has 7 heteroatoms. The van der Waals surface area contributed by atoms with Crippen LogP contribution in [0.25, 0.3) is 0 Å². The van der Waals surface area contributed by atoms with Gasteiger partial charge in [0.05, 0.1) is 12.0 Å². The van der Waals surface area contributed by atoms with Gasteiger partial charge in [0.15, 0.2) is 0 Å². The van der Waals surface area contributed by atoms with E-state index in [0.29, 0.717) is 43.2 Å². The van der Waals surface area contributed by atoms with Crippen molar-refractivity contribution in [1.29, 1.82) is 0 Å². The molecule has 6 fully saturated rings. The van der Waals surface area contributed by atoms with Gasteiger partial charge in [-0.1, -0.05) is 32.9 Å². The molecule has 12 atom stereocenters. The molecule has 1 saturated heterocycles. The number of allylic oxidation sites excluding steroid dienone is 1. The van der Waals surface area contributed by atoms with Crippen LogP contribution < -0.4 is 11.1 Å². The highest BCUT2D eigenvalue weighted by Gasteiger charge is 2.75. The predicted molar refractivity (Wildman–Crippen MR) is 175 cm³/mol. The lowest BCUT2D eigenvalue weighted by atomic mass is 9.32. The first-order valence-electron chi connectivity index (χ1n) is 18.3. The van der Waals surface area contributed by atoms with Gasteiger partial charge in [-0.2, -0.15) is 0 Å². The van der Waals surface area contributed by atoms with Gasteiger partial charge >= 0.3 is 11.9 Å². The molecule has 5 aliphatic carbocycles. The summed E-state index contributed by atoms with van der Waals surface area (Å²) in [6.45, 7) is 19.2. The minimum atomic E-state index is -0.630. The molecule has 1 amide bonds. The Morgan fingerprint density at radius 3 is 2.40 bits per heavy atom. The summed E-state index contributed by atoms with van der Waals surface area (Å²) in [6, 6.07) is -0.630. The minimum Gasteiger partial charge on any atom is -0.464 e. The smallest absolute Gasteiger partial charge is 0.328 e. The molecule has 0 radical (unpaired) electrons. The van der Waals surface area contributed by atoms with Crippen LogP contribution in [0.1, 0.15) is 125 Å². The molecule has 0 unspecified atom stereocenters. The topological polar surface area (TPSA) is 108 Å². The molecule has 0 aromatic carbocycles. The fourth-order valence-corrected chi connectivity index (χ4v) is 13.1. The summed E-state index contributed by atoms with van der Waals surface area (Å²) in [4.78, 5) is 40.6. The summed E-state index contributed by atoms with van der Waals surface area (Å²) in [5.41, 5.74) is 6.48. The standard InChI is InChI=1S/C38H60N2O5/c1-8-44-31(41)26(11-9-10-22-39)40-32(42)38-19-14-24(23(2)3)30(38)25-12-13-27-34(4)17-16-29-37(7,33(43)45-29)28(34)15-18-36(27,6)35(25,5)20-21-38/h24-30H,2,8-22,39H2,1,3-7H3,(H,40,42)/t24-,25+,26-,27+,28+,29+,30+,34+,35+,36+,37-,38-/m0/s1. The van der Waals surface area contributed by atoms with Crippen LogP contribution in [0.5, 0.6) is 0 Å². The monoisotopic (exact) mass is 624 g/mol. The molecule has 45 heavy (non-hydrogen) atoms. The predicted octanol–water partition coefficient (Wildman–Crippen LogP) is 6.73. The molecular formula is C38H60N2O5. The van der Waals surface area contributed by atoms with E-state index in [2.05, 4.69) is 46.5 Å². The van der Waals surface area contributed by atoms with Crippen molar-refractivity contribution in [2.45, 2.75) is 137 Å². The highest BCUT2D eigenvalue weighted by Crippen LogP contribution is 2.78. The lowest BCUT2D eigenvalue weighted by Crippen LogP contribution is -2.71. The van der Waals surface area contributed by atoms with Gasteiger partial charge in [-0.25, -0.2) is 4.79 Å². The Bertz CT molecular complexity index is 1230. The van der Waals surface area contributed by atoms with E-state index in [9.17, 15) is 14.4 Å². The SMILES string of the molecule is C=C(C)[C@@H]1CC[C@]2(C(=O)N[C@@H](CCCCN)C(=O)OCC)CC[C@]3(C)[C@H](CC[C@@H]4[C@@]5(C)CC[C@H]6OC(=O)[C@@]6(C)[C@@H]5CC[C@]43C)[C@@H]12. The van der Waals surface area contributed by atoms with E-state index in [0.717, 1.165) is 77.0 Å². The third-order valence-electron chi connectivity index (χ3n) is 15.6. The van der Waals surface area contributed by atoms with Gasteiger partial charge in [0.25, 0.3) is 0 Å². The van der Waals surface area contributed by atoms with Crippen molar-refractivity contribution in [2.75, 3.05) is 13.2 Å². The first kappa shape index (κ1) is 33.0. The van der Waals surface area contributed by atoms with Crippen LogP contribution in [0.2, 0.25) is 0 Å². The van der Waals surface area contributed by atoms with Crippen molar-refractivity contribution >= 4 is 17.8 Å². The second kappa shape index (κ2) is 11.4. The number of fused-ring (bicyclic) bond motifs is 9. The lowest BCUT2D eigenvalue weighted by molar-refractivity contribution is -0.279. The van der Waals surface area contributed by atoms with Gasteiger partial charge in [0, 0.05) is 0 Å². The number of amides is 1. The molecule has 6 aliphatic rings. The highest BCUT2D eigenvalue weighted by molar-refractivity contribution is 5.89. The highest BCUT2D eigenvalue weighted by atomic mass is 16.6. The number of esters is 2. The summed E-state index contributed by atoms with van der Waals surface area (Å²) in [7, 11) is 0. The van der Waals surface area contributed by atoms with Crippen LogP contribution >= 0.6 is 0 Å². The van der Waals surface area contributed by atoms with Crippen molar-refractivity contribution in [2.24, 2.45) is 62.4 Å². The number of carbonyl (C=O) groups excluding carboxylic acids is 3. The van der Waals surface area contributed by atoms with Gasteiger partial charge in [-0.3, -0.25) is 9.59 Å². The molecule has 0 bridgehead atoms. The van der Waals surface area contributed by atoms with Gasteiger partial charge < -0.3 is 20.5 Å². The van der Waals surface area contributed by atoms with Gasteiger partial charge in [-0.05, 0) is 157 Å². The summed E-state index contributed by atoms with van der Waals surface area (Å²) in [5, 5.41) is 3.26. The Kier molecular flexibility index (Phi) is 8.35. The van der Waals surface area contributed by atoms with E-state index >= 15 is 0 Å². The van der Waals surface area contributed by atoms with Crippen LogP contribution in [0, 0.1) is 56.7 Å². The van der Waals surface area contributed by atoms with Gasteiger partial charge in [0.2, 0.25) is 5.91 Å². The van der Waals surface area contributed by atoms with E-state index in [4.69, 9.17) is 15.2 Å². The maximum Gasteiger partial charge on any atom is 0.328 e. The number of unbranched alkanes of at least 4 members (excludes halogenated alkanes) is 1. The van der Waals surface area contributed by atoms with Gasteiger partial charge in [0.1, 0.15) is 17.6 Å². The molecule has 252 valence electrons. The Morgan fingerprint density at radius 2 is 1.73 bits per heavy atom. The largest absolute Gasteiger partial charge is 0.464 e. The number of hydrogen-bond donors (Lipinski definition) is 2. The molecule has 3 N–H and O–H groups in total. The number of nitrogens with one attached hydrogen (secondary N) is 1. The van der Waals surface area contributed by atoms with E-state index in [1.165, 1.54) is 5.57 Å². The molecule has 1 aliphatic heterocycles. The molecule has 0 spiro atoms. The lowest BCUT2D eigenvalue weighted by Gasteiger charge is -2.73. The molecular weight excluding hydrogens is 564 g/mol. The summed E-state index contributed by atoms with van der Waals surface area (Å²) in [6.07, 6.45) is 12.6. The zero-order valence-corrected chi connectivity index (χ0v) is 29.0. The van der Waals surface area contributed by atoms with Crippen LogP contribution in [0.15, 0.2) is 12.2 Å². The Labute approximate surface area is 271 Å². The fourth-order valence-electron chi connectivity index (χ4n) is 13.1. The maximum atomic E-state index is 14.6. The first-order valence-corrected chi connectivity index (χ1v) is 18.3. The Balaban J connectivity index is 1.31. The van der Waals surface area contributed by atoms with Gasteiger partial charge in [-0.15, -0.1) is 0 Å². The van der Waals surface area contributed by atoms with E-state index < -0.39 is 11.5 Å². The zero-order valence-electron chi connectivity index (χ0n) is 29.0. The number of rotatable bonds is 9. The summed E-state index contributed by atoms with van der Waals surface area (Å²) >= 11 is 0. The molecule has 0 aromatic rings. The quantitative estimate of drug-likeness (QED) is 0.167. The van der Waals surface area contributed by atoms with Crippen LogP contribution in [0.3, 0.4) is 0 Å². The van der Waals surface area contributed by atoms with E-state index in [1.54, 1.807) is 0 Å². The summed E-state index contributed by atoms with van der Waals surface area (Å²) in [5.74, 6) is 1.64. The Morgan fingerprint density at radius 1 is 0.978 bits per heavy atom. The van der Waals surface area contributed by atoms with Crippen molar-refractivity contribution in [3.05, 3.63) is 12.2 Å². The van der Waals surface area contributed by atoms with Crippen molar-refractivity contribution in [3.63, 3.8) is 0 Å². The fraction of sp³-hybridized carbons (Fsp3) is 0.868. The van der Waals surface area contributed by atoms with Crippen molar-refractivity contribution in [1.82, 2.24) is 5.32 Å². The normalized spacial score (nSPS) is 47.0. The van der Waals surface area contributed by atoms with Crippen molar-refractivity contribution in [3.8, 4) is 0 Å². The van der Waals surface area contributed by atoms with Crippen LogP contribution in [0.4, 0.5) is 0 Å². The number of nitrogens with two attached hydrogens (primary N) is 1. The third kappa shape index (κ3) is 4.47. The zero-order chi connectivity index (χ0) is 32.6. The second-order valence-electron chi connectivity index (χ2n) is 17.1. The maximum absolute atomic E-state index is 14.6. The number of carbonyl (C=O) groups is 3. The Hall–Kier alpha value is -1.89. The van der Waals surface area contributed by atoms with Crippen molar-refractivity contribution < 1.29 is 23.9 Å². The van der Waals surface area contributed by atoms with Crippen LogP contribution in [-0.4, -0.2) is 43.1 Å². The molecule has 5 saturated carbocycles. The molecule has 7 nitrogen and oxygen atoms in total. The summed E-state index contributed by atoms with van der Waals surface area (Å²) < 4.78 is 11.1. The molecule has 6 rings (SSSR count). The molecule has 0 aromatic heterocycles. The number of hydrogen-bond acceptors (Lipinski definition) is 6. The average molecular weight is 625 g/mol. The first-order chi connectivity index (χ1) is 21.2. The number of ether oxygens (including phenoxy) is 2. The van der Waals surface area contributed by atoms with Crippen LogP contribution in [-0.2, 0) is 23.9 Å². The third-order valence-corrected chi connectivity index (χ3v) is 15.6. The van der Waals surface area contributed by atoms with E-state index in [1.807, 2.05) is 6.92 Å². The molecule has 1 heterocycles. The van der Waals surface area contributed by atoms with E-state index in [-0.39, 0.29) is 51.5 Å².